The lowest BCUT2D eigenvalue weighted by atomic mass is 10.2. The van der Waals surface area contributed by atoms with Crippen LogP contribution in [0, 0.1) is 0 Å². The van der Waals surface area contributed by atoms with Crippen LogP contribution in [0.4, 0.5) is 0 Å². The summed E-state index contributed by atoms with van der Waals surface area (Å²) in [5, 5.41) is 12.0. The summed E-state index contributed by atoms with van der Waals surface area (Å²) in [5.74, 6) is 1.18. The molecule has 1 heterocycles. The minimum absolute atomic E-state index is 0.0360. The fourth-order valence-electron chi connectivity index (χ4n) is 1.46. The Bertz CT molecular complexity index is 534. The van der Waals surface area contributed by atoms with Crippen LogP contribution in [0.5, 0.6) is 5.75 Å². The topological polar surface area (TPSA) is 63.0 Å². The quantitative estimate of drug-likeness (QED) is 0.369. The number of amides is 1. The molecule has 1 N–H and O–H groups in total. The molecule has 1 aliphatic heterocycles. The number of hydrogen-bond acceptors (Lipinski definition) is 5. The molecular formula is C13H14BrN3O2S. The zero-order valence-electron chi connectivity index (χ0n) is 10.7. The van der Waals surface area contributed by atoms with Crippen molar-refractivity contribution in [3.63, 3.8) is 0 Å². The number of rotatable bonds is 6. The monoisotopic (exact) mass is 355 g/mol. The Balaban J connectivity index is 1.92. The molecule has 1 aliphatic rings. The van der Waals surface area contributed by atoms with Crippen LogP contribution >= 0.6 is 27.7 Å². The number of hydrogen-bond donors (Lipinski definition) is 1. The summed E-state index contributed by atoms with van der Waals surface area (Å²) < 4.78 is 5.59. The number of nitrogens with zero attached hydrogens (tertiary/aromatic N) is 2. The average Bonchev–Trinajstić information content (AvgIpc) is 2.85. The van der Waals surface area contributed by atoms with Gasteiger partial charge in [-0.3, -0.25) is 4.79 Å². The first-order valence-electron chi connectivity index (χ1n) is 6.10. The molecule has 0 saturated carbocycles. The van der Waals surface area contributed by atoms with Gasteiger partial charge in [-0.1, -0.05) is 39.8 Å². The summed E-state index contributed by atoms with van der Waals surface area (Å²) in [6, 6.07) is 7.63. The van der Waals surface area contributed by atoms with Crippen LogP contribution in [0.2, 0.25) is 0 Å². The van der Waals surface area contributed by atoms with Crippen LogP contribution in [-0.2, 0) is 4.79 Å². The second kappa shape index (κ2) is 8.06. The minimum atomic E-state index is -0.0360. The highest BCUT2D eigenvalue weighted by Gasteiger charge is 2.15. The number of thioether (sulfide) groups is 1. The van der Waals surface area contributed by atoms with Crippen molar-refractivity contribution in [2.24, 2.45) is 10.2 Å². The fourth-order valence-corrected chi connectivity index (χ4v) is 2.32. The lowest BCUT2D eigenvalue weighted by molar-refractivity contribution is -0.116. The Kier molecular flexibility index (Phi) is 6.07. The molecule has 1 fully saturated rings. The number of ether oxygens (including phenoxy) is 1. The zero-order chi connectivity index (χ0) is 14.2. The molecule has 0 aromatic heterocycles. The number of nitrogens with one attached hydrogen (secondary N) is 1. The normalized spacial score (nSPS) is 16.9. The number of amidine groups is 1. The summed E-state index contributed by atoms with van der Waals surface area (Å²) in [5.41, 5.74) is 0.903. The lowest BCUT2D eigenvalue weighted by Gasteiger charge is -2.04. The van der Waals surface area contributed by atoms with Gasteiger partial charge in [0.1, 0.15) is 5.75 Å². The smallest absolute Gasteiger partial charge is 0.236 e. The first kappa shape index (κ1) is 15.1. The van der Waals surface area contributed by atoms with E-state index in [9.17, 15) is 4.79 Å². The van der Waals surface area contributed by atoms with Crippen LogP contribution in [0.15, 0.2) is 34.5 Å². The van der Waals surface area contributed by atoms with E-state index in [2.05, 4.69) is 31.4 Å². The van der Waals surface area contributed by atoms with Crippen LogP contribution < -0.4 is 10.1 Å². The van der Waals surface area contributed by atoms with E-state index in [-0.39, 0.29) is 5.91 Å². The van der Waals surface area contributed by atoms with E-state index in [4.69, 9.17) is 4.74 Å². The van der Waals surface area contributed by atoms with E-state index in [1.54, 1.807) is 6.21 Å². The summed E-state index contributed by atoms with van der Waals surface area (Å²) in [6.07, 6.45) is 2.60. The Morgan fingerprint density at radius 1 is 1.50 bits per heavy atom. The van der Waals surface area contributed by atoms with Crippen molar-refractivity contribution >= 4 is 45.0 Å². The van der Waals surface area contributed by atoms with Gasteiger partial charge in [-0.15, -0.1) is 5.10 Å². The molecule has 2 rings (SSSR count). The molecule has 1 aromatic rings. The van der Waals surface area contributed by atoms with Gasteiger partial charge in [-0.25, -0.2) is 0 Å². The molecule has 0 atom stereocenters. The van der Waals surface area contributed by atoms with Gasteiger partial charge in [-0.05, 0) is 24.1 Å². The number of halogens is 1. The average molecular weight is 356 g/mol. The Hall–Kier alpha value is -1.34. The van der Waals surface area contributed by atoms with E-state index in [1.807, 2.05) is 24.3 Å². The third-order valence-corrected chi connectivity index (χ3v) is 3.77. The zero-order valence-corrected chi connectivity index (χ0v) is 13.1. The molecule has 0 spiro atoms. The second-order valence-electron chi connectivity index (χ2n) is 3.95. The molecule has 0 bridgehead atoms. The van der Waals surface area contributed by atoms with Crippen molar-refractivity contribution < 1.29 is 9.53 Å². The predicted octanol–water partition coefficient (Wildman–Crippen LogP) is 2.40. The number of alkyl halides is 1. The van der Waals surface area contributed by atoms with E-state index in [1.165, 1.54) is 11.8 Å². The summed E-state index contributed by atoms with van der Waals surface area (Å²) in [7, 11) is 0. The Labute approximate surface area is 130 Å². The summed E-state index contributed by atoms with van der Waals surface area (Å²) >= 11 is 4.71. The van der Waals surface area contributed by atoms with Crippen molar-refractivity contribution in [1.29, 1.82) is 0 Å². The maximum atomic E-state index is 11.0. The summed E-state index contributed by atoms with van der Waals surface area (Å²) in [4.78, 5) is 11.0. The van der Waals surface area contributed by atoms with E-state index >= 15 is 0 Å². The van der Waals surface area contributed by atoms with Gasteiger partial charge in [0.2, 0.25) is 5.91 Å². The van der Waals surface area contributed by atoms with Crippen LogP contribution in [0.1, 0.15) is 12.0 Å². The molecule has 20 heavy (non-hydrogen) atoms. The van der Waals surface area contributed by atoms with E-state index < -0.39 is 0 Å². The maximum Gasteiger partial charge on any atom is 0.236 e. The third-order valence-electron chi connectivity index (χ3n) is 2.35. The van der Waals surface area contributed by atoms with Gasteiger partial charge < -0.3 is 10.1 Å². The van der Waals surface area contributed by atoms with Crippen molar-refractivity contribution in [2.45, 2.75) is 6.42 Å². The third kappa shape index (κ3) is 4.97. The molecule has 106 valence electrons. The first-order valence-corrected chi connectivity index (χ1v) is 8.21. The van der Waals surface area contributed by atoms with Crippen LogP contribution in [0.25, 0.3) is 0 Å². The van der Waals surface area contributed by atoms with Gasteiger partial charge in [0.25, 0.3) is 0 Å². The highest BCUT2D eigenvalue weighted by molar-refractivity contribution is 9.09. The molecule has 0 radical (unpaired) electrons. The standard InChI is InChI=1S/C13H14BrN3O2S/c14-5-2-6-19-11-4-1-3-10(7-11)8-15-17-13-16-12(18)9-20-13/h1,3-4,7-8H,2,5-6,9H2,(H,16,17,18). The minimum Gasteiger partial charge on any atom is -0.494 e. The van der Waals surface area contributed by atoms with Crippen molar-refractivity contribution in [1.82, 2.24) is 5.32 Å². The predicted molar refractivity (Wildman–Crippen MR) is 86.0 cm³/mol. The number of carbonyl (C=O) groups is 1. The highest BCUT2D eigenvalue weighted by atomic mass is 79.9. The van der Waals surface area contributed by atoms with Gasteiger partial charge in [0.05, 0.1) is 18.6 Å². The van der Waals surface area contributed by atoms with E-state index in [0.29, 0.717) is 17.5 Å². The van der Waals surface area contributed by atoms with Crippen LogP contribution in [0.3, 0.4) is 0 Å². The lowest BCUT2D eigenvalue weighted by Crippen LogP contribution is -2.19. The van der Waals surface area contributed by atoms with Gasteiger partial charge in [-0.2, -0.15) is 5.10 Å². The molecule has 0 unspecified atom stereocenters. The van der Waals surface area contributed by atoms with Gasteiger partial charge in [0, 0.05) is 5.33 Å². The maximum absolute atomic E-state index is 11.0. The molecule has 1 aromatic carbocycles. The molecule has 0 aliphatic carbocycles. The molecule has 5 nitrogen and oxygen atoms in total. The van der Waals surface area contributed by atoms with Crippen LogP contribution in [-0.4, -0.2) is 35.0 Å². The molecule has 1 saturated heterocycles. The second-order valence-corrected chi connectivity index (χ2v) is 5.71. The van der Waals surface area contributed by atoms with Crippen molar-refractivity contribution in [3.05, 3.63) is 29.8 Å². The SMILES string of the molecule is O=C1CSC(=NN=Cc2cccc(OCCCBr)c2)N1. The first-order chi connectivity index (χ1) is 9.78. The number of carbonyl (C=O) groups excluding carboxylic acids is 1. The highest BCUT2D eigenvalue weighted by Crippen LogP contribution is 2.13. The van der Waals surface area contributed by atoms with Gasteiger partial charge >= 0.3 is 0 Å². The van der Waals surface area contributed by atoms with E-state index in [0.717, 1.165) is 23.1 Å². The largest absolute Gasteiger partial charge is 0.494 e. The van der Waals surface area contributed by atoms with Crippen molar-refractivity contribution in [2.75, 3.05) is 17.7 Å². The molecule has 7 heteroatoms. The fraction of sp³-hybridized carbons (Fsp3) is 0.308. The van der Waals surface area contributed by atoms with Gasteiger partial charge in [0.15, 0.2) is 5.17 Å². The summed E-state index contributed by atoms with van der Waals surface area (Å²) in [6.45, 7) is 0.677. The van der Waals surface area contributed by atoms with Crippen molar-refractivity contribution in [3.8, 4) is 5.75 Å². The molecule has 1 amide bonds. The molecular weight excluding hydrogens is 342 g/mol. The number of benzene rings is 1. The Morgan fingerprint density at radius 2 is 2.40 bits per heavy atom. The Morgan fingerprint density at radius 3 is 3.15 bits per heavy atom.